The highest BCUT2D eigenvalue weighted by molar-refractivity contribution is 7.89. The normalized spacial score (nSPS) is 16.0. The SMILES string of the molecule is Cc1ccc(S(=O)(=O)N2CCC(NC(=O)/C=C/c3ccccc3OC(F)F)CC2)cc1. The molecule has 2 aromatic rings. The smallest absolute Gasteiger partial charge is 0.387 e. The summed E-state index contributed by atoms with van der Waals surface area (Å²) in [5.41, 5.74) is 1.34. The fourth-order valence-electron chi connectivity index (χ4n) is 3.34. The van der Waals surface area contributed by atoms with Gasteiger partial charge in [0.05, 0.1) is 4.90 Å². The second-order valence-corrected chi connectivity index (χ2v) is 9.19. The number of amides is 1. The quantitative estimate of drug-likeness (QED) is 0.655. The van der Waals surface area contributed by atoms with Gasteiger partial charge in [-0.05, 0) is 44.0 Å². The van der Waals surface area contributed by atoms with Crippen LogP contribution in [0.1, 0.15) is 24.0 Å². The van der Waals surface area contributed by atoms with Crippen molar-refractivity contribution < 1.29 is 26.7 Å². The molecule has 166 valence electrons. The lowest BCUT2D eigenvalue weighted by Gasteiger charge is -2.31. The van der Waals surface area contributed by atoms with Gasteiger partial charge in [0.1, 0.15) is 5.75 Å². The van der Waals surface area contributed by atoms with Crippen molar-refractivity contribution in [1.29, 1.82) is 0 Å². The lowest BCUT2D eigenvalue weighted by molar-refractivity contribution is -0.117. The Morgan fingerprint density at radius 2 is 1.77 bits per heavy atom. The fraction of sp³-hybridized carbons (Fsp3) is 0.318. The summed E-state index contributed by atoms with van der Waals surface area (Å²) in [4.78, 5) is 12.5. The van der Waals surface area contributed by atoms with Crippen LogP contribution in [0, 0.1) is 6.92 Å². The van der Waals surface area contributed by atoms with Crippen LogP contribution in [0.4, 0.5) is 8.78 Å². The van der Waals surface area contributed by atoms with Crippen LogP contribution >= 0.6 is 0 Å². The van der Waals surface area contributed by atoms with Crippen LogP contribution in [0.5, 0.6) is 5.75 Å². The van der Waals surface area contributed by atoms with Crippen molar-refractivity contribution >= 4 is 22.0 Å². The van der Waals surface area contributed by atoms with Gasteiger partial charge in [0.2, 0.25) is 15.9 Å². The number of halogens is 2. The standard InChI is InChI=1S/C22H24F2N2O4S/c1-16-6-9-19(10-7-16)31(28,29)26-14-12-18(13-15-26)25-21(27)11-8-17-4-2-3-5-20(17)30-22(23)24/h2-11,18,22H,12-15H2,1H3,(H,25,27)/b11-8+. The molecule has 0 atom stereocenters. The first-order valence-corrected chi connectivity index (χ1v) is 11.3. The summed E-state index contributed by atoms with van der Waals surface area (Å²) in [5.74, 6) is -0.400. The Kier molecular flexibility index (Phi) is 7.40. The van der Waals surface area contributed by atoms with Crippen LogP contribution in [-0.2, 0) is 14.8 Å². The van der Waals surface area contributed by atoms with Gasteiger partial charge in [-0.25, -0.2) is 8.42 Å². The Morgan fingerprint density at radius 1 is 1.13 bits per heavy atom. The number of aryl methyl sites for hydroxylation is 1. The van der Waals surface area contributed by atoms with Crippen molar-refractivity contribution in [3.63, 3.8) is 0 Å². The number of benzene rings is 2. The summed E-state index contributed by atoms with van der Waals surface area (Å²) < 4.78 is 56.3. The Bertz CT molecular complexity index is 1030. The van der Waals surface area contributed by atoms with E-state index in [1.54, 1.807) is 42.5 Å². The molecule has 0 radical (unpaired) electrons. The summed E-state index contributed by atoms with van der Waals surface area (Å²) >= 11 is 0. The van der Waals surface area contributed by atoms with Gasteiger partial charge >= 0.3 is 6.61 Å². The molecule has 31 heavy (non-hydrogen) atoms. The molecule has 1 aliphatic heterocycles. The number of carbonyl (C=O) groups is 1. The maximum absolute atomic E-state index is 12.8. The van der Waals surface area contributed by atoms with Crippen LogP contribution in [0.25, 0.3) is 6.08 Å². The topological polar surface area (TPSA) is 75.7 Å². The van der Waals surface area contributed by atoms with Gasteiger partial charge in [-0.2, -0.15) is 13.1 Å². The van der Waals surface area contributed by atoms with Crippen molar-refractivity contribution in [3.05, 3.63) is 65.7 Å². The zero-order chi connectivity index (χ0) is 22.4. The van der Waals surface area contributed by atoms with E-state index in [1.807, 2.05) is 6.92 Å². The largest absolute Gasteiger partial charge is 0.434 e. The van der Waals surface area contributed by atoms with Gasteiger partial charge in [0.15, 0.2) is 0 Å². The number of alkyl halides is 2. The first-order valence-electron chi connectivity index (χ1n) is 9.85. The Morgan fingerprint density at radius 3 is 2.42 bits per heavy atom. The summed E-state index contributed by atoms with van der Waals surface area (Å²) in [6, 6.07) is 12.7. The van der Waals surface area contributed by atoms with Crippen LogP contribution in [-0.4, -0.2) is 44.4 Å². The van der Waals surface area contributed by atoms with E-state index in [0.717, 1.165) is 5.56 Å². The maximum atomic E-state index is 12.8. The monoisotopic (exact) mass is 450 g/mol. The van der Waals surface area contributed by atoms with Crippen LogP contribution in [0.2, 0.25) is 0 Å². The lowest BCUT2D eigenvalue weighted by atomic mass is 10.1. The van der Waals surface area contributed by atoms with Crippen LogP contribution in [0.3, 0.4) is 0 Å². The minimum absolute atomic E-state index is 0.0174. The van der Waals surface area contributed by atoms with Crippen molar-refractivity contribution in [2.45, 2.75) is 37.3 Å². The molecule has 1 heterocycles. The van der Waals surface area contributed by atoms with Crippen LogP contribution < -0.4 is 10.1 Å². The van der Waals surface area contributed by atoms with Gasteiger partial charge in [-0.1, -0.05) is 35.9 Å². The third-order valence-corrected chi connectivity index (χ3v) is 6.92. The number of rotatable bonds is 7. The van der Waals surface area contributed by atoms with E-state index in [1.165, 1.54) is 22.5 Å². The molecule has 1 amide bonds. The average Bonchev–Trinajstić information content (AvgIpc) is 2.73. The highest BCUT2D eigenvalue weighted by Gasteiger charge is 2.29. The number of carbonyl (C=O) groups excluding carboxylic acids is 1. The minimum Gasteiger partial charge on any atom is -0.434 e. The predicted molar refractivity (Wildman–Crippen MR) is 113 cm³/mol. The molecule has 0 spiro atoms. The molecule has 9 heteroatoms. The molecule has 0 aliphatic carbocycles. The first kappa shape index (κ1) is 22.9. The summed E-state index contributed by atoms with van der Waals surface area (Å²) in [5, 5.41) is 2.83. The molecule has 0 saturated carbocycles. The molecular weight excluding hydrogens is 426 g/mol. The molecule has 1 aliphatic rings. The number of hydrogen-bond acceptors (Lipinski definition) is 4. The second kappa shape index (κ2) is 10.0. The maximum Gasteiger partial charge on any atom is 0.387 e. The van der Waals surface area contributed by atoms with Crippen molar-refractivity contribution in [2.75, 3.05) is 13.1 Å². The predicted octanol–water partition coefficient (Wildman–Crippen LogP) is 3.58. The molecule has 0 unspecified atom stereocenters. The van der Waals surface area contributed by atoms with E-state index in [4.69, 9.17) is 0 Å². The first-order chi connectivity index (χ1) is 14.8. The second-order valence-electron chi connectivity index (χ2n) is 7.25. The average molecular weight is 451 g/mol. The Labute approximate surface area is 180 Å². The van der Waals surface area contributed by atoms with Gasteiger partial charge in [-0.15, -0.1) is 0 Å². The Balaban J connectivity index is 1.55. The number of nitrogens with zero attached hydrogens (tertiary/aromatic N) is 1. The van der Waals surface area contributed by atoms with Gasteiger partial charge < -0.3 is 10.1 Å². The molecule has 1 saturated heterocycles. The highest BCUT2D eigenvalue weighted by atomic mass is 32.2. The number of ether oxygens (including phenoxy) is 1. The summed E-state index contributed by atoms with van der Waals surface area (Å²) in [7, 11) is -3.56. The van der Waals surface area contributed by atoms with E-state index >= 15 is 0 Å². The minimum atomic E-state index is -3.56. The van der Waals surface area contributed by atoms with E-state index in [9.17, 15) is 22.0 Å². The van der Waals surface area contributed by atoms with E-state index in [2.05, 4.69) is 10.1 Å². The van der Waals surface area contributed by atoms with Gasteiger partial charge in [0, 0.05) is 30.8 Å². The highest BCUT2D eigenvalue weighted by Crippen LogP contribution is 2.23. The zero-order valence-electron chi connectivity index (χ0n) is 17.0. The van der Waals surface area contributed by atoms with Crippen molar-refractivity contribution in [3.8, 4) is 5.75 Å². The third kappa shape index (κ3) is 6.11. The molecule has 1 fully saturated rings. The van der Waals surface area contributed by atoms with E-state index in [0.29, 0.717) is 31.5 Å². The number of sulfonamides is 1. The molecular formula is C22H24F2N2O4S. The molecule has 0 aromatic heterocycles. The fourth-order valence-corrected chi connectivity index (χ4v) is 4.81. The third-order valence-electron chi connectivity index (χ3n) is 5.01. The van der Waals surface area contributed by atoms with Crippen molar-refractivity contribution in [1.82, 2.24) is 9.62 Å². The van der Waals surface area contributed by atoms with Gasteiger partial charge in [-0.3, -0.25) is 4.79 Å². The van der Waals surface area contributed by atoms with Gasteiger partial charge in [0.25, 0.3) is 0 Å². The number of nitrogens with one attached hydrogen (secondary N) is 1. The number of para-hydroxylation sites is 1. The molecule has 1 N–H and O–H groups in total. The number of piperidine rings is 1. The molecule has 2 aromatic carbocycles. The van der Waals surface area contributed by atoms with Crippen molar-refractivity contribution in [2.24, 2.45) is 0 Å². The summed E-state index contributed by atoms with van der Waals surface area (Å²) in [6.07, 6.45) is 3.62. The molecule has 0 bridgehead atoms. The van der Waals surface area contributed by atoms with E-state index < -0.39 is 16.6 Å². The number of hydrogen-bond donors (Lipinski definition) is 1. The van der Waals surface area contributed by atoms with E-state index in [-0.39, 0.29) is 22.6 Å². The molecule has 3 rings (SSSR count). The lowest BCUT2D eigenvalue weighted by Crippen LogP contribution is -2.46. The van der Waals surface area contributed by atoms with Crippen LogP contribution in [0.15, 0.2) is 59.5 Å². The Hall–Kier alpha value is -2.78. The molecule has 6 nitrogen and oxygen atoms in total. The zero-order valence-corrected chi connectivity index (χ0v) is 17.8. The summed E-state index contributed by atoms with van der Waals surface area (Å²) in [6.45, 7) is -0.459.